The summed E-state index contributed by atoms with van der Waals surface area (Å²) >= 11 is 1.39. The zero-order valence-electron chi connectivity index (χ0n) is 13.8. The van der Waals surface area contributed by atoms with Crippen molar-refractivity contribution in [3.63, 3.8) is 0 Å². The van der Waals surface area contributed by atoms with Crippen LogP contribution < -0.4 is 5.32 Å². The lowest BCUT2D eigenvalue weighted by Gasteiger charge is -2.07. The van der Waals surface area contributed by atoms with Crippen LogP contribution in [0.25, 0.3) is 0 Å². The predicted octanol–water partition coefficient (Wildman–Crippen LogP) is 1.96. The average molecular weight is 361 g/mol. The lowest BCUT2D eigenvalue weighted by molar-refractivity contribution is -0.141. The molecule has 25 heavy (non-hydrogen) atoms. The number of amides is 1. The minimum atomic E-state index is -0.184. The second-order valence-corrected chi connectivity index (χ2v) is 7.04. The molecule has 2 aromatic rings. The highest BCUT2D eigenvalue weighted by atomic mass is 32.1. The van der Waals surface area contributed by atoms with Crippen molar-refractivity contribution in [2.45, 2.75) is 38.0 Å². The summed E-state index contributed by atoms with van der Waals surface area (Å²) in [5, 5.41) is 12.4. The molecule has 0 aromatic carbocycles. The first-order valence-electron chi connectivity index (χ1n) is 8.09. The number of ether oxygens (including phenoxy) is 1. The summed E-state index contributed by atoms with van der Waals surface area (Å²) < 4.78 is 4.73. The topological polar surface area (TPSA) is 107 Å². The number of anilines is 1. The third-order valence-electron chi connectivity index (χ3n) is 4.25. The highest BCUT2D eigenvalue weighted by Gasteiger charge is 2.30. The van der Waals surface area contributed by atoms with E-state index < -0.39 is 0 Å². The number of hydrogen-bond acceptors (Lipinski definition) is 8. The number of rotatable bonds is 6. The molecule has 8 nitrogen and oxygen atoms in total. The molecule has 0 radical (unpaired) electrons. The third-order valence-corrected chi connectivity index (χ3v) is 5.25. The molecule has 0 aliphatic heterocycles. The summed E-state index contributed by atoms with van der Waals surface area (Å²) in [4.78, 5) is 31.3. The van der Waals surface area contributed by atoms with Crippen molar-refractivity contribution in [1.29, 1.82) is 0 Å². The molecule has 2 atom stereocenters. The molecule has 3 rings (SSSR count). The van der Waals surface area contributed by atoms with Gasteiger partial charge < -0.3 is 10.1 Å². The summed E-state index contributed by atoms with van der Waals surface area (Å²) in [5.74, 6) is 0.272. The zero-order chi connectivity index (χ0) is 17.6. The van der Waals surface area contributed by atoms with E-state index in [0.29, 0.717) is 29.1 Å². The van der Waals surface area contributed by atoms with Crippen molar-refractivity contribution in [2.24, 2.45) is 5.92 Å². The van der Waals surface area contributed by atoms with E-state index in [1.54, 1.807) is 12.3 Å². The number of esters is 1. The summed E-state index contributed by atoms with van der Waals surface area (Å²) in [7, 11) is 1.41. The summed E-state index contributed by atoms with van der Waals surface area (Å²) in [5.41, 5.74) is 0.652. The van der Waals surface area contributed by atoms with Crippen LogP contribution >= 0.6 is 11.3 Å². The molecule has 1 N–H and O–H groups in total. The molecule has 1 saturated carbocycles. The van der Waals surface area contributed by atoms with E-state index in [1.165, 1.54) is 24.8 Å². The Balaban J connectivity index is 1.52. The Labute approximate surface area is 149 Å². The van der Waals surface area contributed by atoms with Crippen LogP contribution in [-0.4, -0.2) is 39.2 Å². The Morgan fingerprint density at radius 2 is 2.24 bits per heavy atom. The minimum Gasteiger partial charge on any atom is -0.469 e. The van der Waals surface area contributed by atoms with Crippen molar-refractivity contribution in [1.82, 2.24) is 20.2 Å². The minimum absolute atomic E-state index is 0.166. The van der Waals surface area contributed by atoms with E-state index in [-0.39, 0.29) is 18.3 Å². The normalized spacial score (nSPS) is 19.6. The Hall–Kier alpha value is -2.42. The highest BCUT2D eigenvalue weighted by Crippen LogP contribution is 2.41. The standard InChI is InChI=1S/C16H19N5O3S/c1-24-14(23)7-10-2-3-11(6-10)15-20-21-16(25-15)19-13(22)8-12-4-5-17-9-18-12/h4-5,9-11H,2-3,6-8H2,1H3,(H,19,21,22)/t10-,11?/m1/s1. The second-order valence-electron chi connectivity index (χ2n) is 6.03. The first-order chi connectivity index (χ1) is 12.1. The van der Waals surface area contributed by atoms with Crippen LogP contribution in [0.5, 0.6) is 0 Å². The Morgan fingerprint density at radius 3 is 3.00 bits per heavy atom. The van der Waals surface area contributed by atoms with Gasteiger partial charge in [-0.1, -0.05) is 11.3 Å². The van der Waals surface area contributed by atoms with Crippen molar-refractivity contribution >= 4 is 28.3 Å². The molecular formula is C16H19N5O3S. The van der Waals surface area contributed by atoms with E-state index in [2.05, 4.69) is 25.5 Å². The van der Waals surface area contributed by atoms with Gasteiger partial charge in [-0.05, 0) is 31.2 Å². The fraction of sp³-hybridized carbons (Fsp3) is 0.500. The van der Waals surface area contributed by atoms with E-state index in [9.17, 15) is 9.59 Å². The van der Waals surface area contributed by atoms with Gasteiger partial charge >= 0.3 is 5.97 Å². The summed E-state index contributed by atoms with van der Waals surface area (Å²) in [6.45, 7) is 0. The van der Waals surface area contributed by atoms with Gasteiger partial charge in [-0.3, -0.25) is 9.59 Å². The maximum Gasteiger partial charge on any atom is 0.305 e. The van der Waals surface area contributed by atoms with Gasteiger partial charge in [0.2, 0.25) is 11.0 Å². The zero-order valence-corrected chi connectivity index (χ0v) is 14.7. The SMILES string of the molecule is COC(=O)C[C@@H]1CCC(c2nnc(NC(=O)Cc3ccncn3)s2)C1. The van der Waals surface area contributed by atoms with Crippen LogP contribution in [0.1, 0.15) is 42.3 Å². The van der Waals surface area contributed by atoms with Crippen LogP contribution in [0.2, 0.25) is 0 Å². The second kappa shape index (κ2) is 8.11. The lowest BCUT2D eigenvalue weighted by Crippen LogP contribution is -2.15. The van der Waals surface area contributed by atoms with Gasteiger partial charge in [0.1, 0.15) is 11.3 Å². The molecule has 9 heteroatoms. The van der Waals surface area contributed by atoms with E-state index in [1.807, 2.05) is 0 Å². The quantitative estimate of drug-likeness (QED) is 0.784. The van der Waals surface area contributed by atoms with Crippen LogP contribution in [0.15, 0.2) is 18.6 Å². The largest absolute Gasteiger partial charge is 0.469 e. The molecule has 2 aromatic heterocycles. The van der Waals surface area contributed by atoms with Crippen LogP contribution in [0.3, 0.4) is 0 Å². The molecule has 1 amide bonds. The van der Waals surface area contributed by atoms with Gasteiger partial charge in [-0.15, -0.1) is 10.2 Å². The molecule has 0 bridgehead atoms. The van der Waals surface area contributed by atoms with Gasteiger partial charge in [0.25, 0.3) is 0 Å². The van der Waals surface area contributed by atoms with Gasteiger partial charge in [0.05, 0.1) is 19.2 Å². The number of nitrogens with one attached hydrogen (secondary N) is 1. The molecule has 1 aliphatic rings. The Morgan fingerprint density at radius 1 is 1.36 bits per heavy atom. The molecular weight excluding hydrogens is 342 g/mol. The number of methoxy groups -OCH3 is 1. The number of hydrogen-bond donors (Lipinski definition) is 1. The van der Waals surface area contributed by atoms with Crippen LogP contribution in [-0.2, 0) is 20.7 Å². The average Bonchev–Trinajstić information content (AvgIpc) is 3.25. The monoisotopic (exact) mass is 361 g/mol. The number of carbonyl (C=O) groups excluding carboxylic acids is 2. The lowest BCUT2D eigenvalue weighted by atomic mass is 10.0. The fourth-order valence-corrected chi connectivity index (χ4v) is 3.91. The van der Waals surface area contributed by atoms with E-state index in [4.69, 9.17) is 4.74 Å². The number of nitrogens with zero attached hydrogens (tertiary/aromatic N) is 4. The Kier molecular flexibility index (Phi) is 5.64. The van der Waals surface area contributed by atoms with E-state index in [0.717, 1.165) is 24.3 Å². The van der Waals surface area contributed by atoms with E-state index >= 15 is 0 Å². The van der Waals surface area contributed by atoms with Crippen molar-refractivity contribution < 1.29 is 14.3 Å². The molecule has 0 spiro atoms. The van der Waals surface area contributed by atoms with Gasteiger partial charge in [0, 0.05) is 18.5 Å². The molecule has 1 unspecified atom stereocenters. The maximum atomic E-state index is 12.0. The summed E-state index contributed by atoms with van der Waals surface area (Å²) in [6.07, 6.45) is 6.49. The van der Waals surface area contributed by atoms with Gasteiger partial charge in [-0.25, -0.2) is 9.97 Å². The van der Waals surface area contributed by atoms with Crippen molar-refractivity contribution in [3.8, 4) is 0 Å². The highest BCUT2D eigenvalue weighted by molar-refractivity contribution is 7.15. The summed E-state index contributed by atoms with van der Waals surface area (Å²) in [6, 6.07) is 1.70. The molecule has 1 aliphatic carbocycles. The van der Waals surface area contributed by atoms with Crippen LogP contribution in [0, 0.1) is 5.92 Å². The Bertz CT molecular complexity index is 736. The van der Waals surface area contributed by atoms with Crippen LogP contribution in [0.4, 0.5) is 5.13 Å². The van der Waals surface area contributed by atoms with Gasteiger partial charge in [0.15, 0.2) is 0 Å². The fourth-order valence-electron chi connectivity index (χ4n) is 3.00. The van der Waals surface area contributed by atoms with Gasteiger partial charge in [-0.2, -0.15) is 0 Å². The molecule has 1 fully saturated rings. The molecule has 132 valence electrons. The smallest absolute Gasteiger partial charge is 0.305 e. The number of aromatic nitrogens is 4. The first kappa shape index (κ1) is 17.4. The van der Waals surface area contributed by atoms with Crippen molar-refractivity contribution in [3.05, 3.63) is 29.3 Å². The molecule has 0 saturated heterocycles. The molecule has 2 heterocycles. The first-order valence-corrected chi connectivity index (χ1v) is 8.90. The third kappa shape index (κ3) is 4.79. The maximum absolute atomic E-state index is 12.0. The number of carbonyl (C=O) groups is 2. The predicted molar refractivity (Wildman–Crippen MR) is 91.0 cm³/mol. The van der Waals surface area contributed by atoms with Crippen molar-refractivity contribution in [2.75, 3.05) is 12.4 Å².